The van der Waals surface area contributed by atoms with Gasteiger partial charge in [-0.05, 0) is 12.0 Å². The zero-order chi connectivity index (χ0) is 20.3. The number of carbonyl (C=O) groups excluding carboxylic acids is 1. The average Bonchev–Trinajstić information content (AvgIpc) is 2.72. The molecule has 160 valence electrons. The lowest BCUT2D eigenvalue weighted by atomic mass is 10.1. The molecule has 0 saturated carbocycles. The molecule has 3 N–H and O–H groups in total. The van der Waals surface area contributed by atoms with E-state index in [-0.39, 0.29) is 12.5 Å². The van der Waals surface area contributed by atoms with Crippen LogP contribution in [0, 0.1) is 0 Å². The molecule has 4 nitrogen and oxygen atoms in total. The van der Waals surface area contributed by atoms with Crippen molar-refractivity contribution in [1.82, 2.24) is 10.6 Å². The van der Waals surface area contributed by atoms with Crippen molar-refractivity contribution in [2.24, 2.45) is 0 Å². The number of benzene rings is 1. The number of hydrogen-bond donors (Lipinski definition) is 3. The SMILES string of the molecule is CCCCCCCCCCCCCCNC(=O)[C@H](CO)NCc1ccccc1. The smallest absolute Gasteiger partial charge is 0.239 e. The van der Waals surface area contributed by atoms with Gasteiger partial charge in [0.15, 0.2) is 0 Å². The van der Waals surface area contributed by atoms with Gasteiger partial charge < -0.3 is 10.4 Å². The predicted octanol–water partition coefficient (Wildman–Crippen LogP) is 4.95. The van der Waals surface area contributed by atoms with Crippen LogP contribution in [0.3, 0.4) is 0 Å². The van der Waals surface area contributed by atoms with E-state index in [9.17, 15) is 9.90 Å². The molecule has 0 aliphatic rings. The van der Waals surface area contributed by atoms with Gasteiger partial charge >= 0.3 is 0 Å². The number of aliphatic hydroxyl groups excluding tert-OH is 1. The van der Waals surface area contributed by atoms with E-state index < -0.39 is 6.04 Å². The molecule has 0 fully saturated rings. The van der Waals surface area contributed by atoms with Gasteiger partial charge in [-0.15, -0.1) is 0 Å². The quantitative estimate of drug-likeness (QED) is 0.311. The Morgan fingerprint density at radius 3 is 1.93 bits per heavy atom. The highest BCUT2D eigenvalue weighted by Gasteiger charge is 2.15. The third-order valence-corrected chi connectivity index (χ3v) is 5.22. The van der Waals surface area contributed by atoms with Crippen molar-refractivity contribution in [3.05, 3.63) is 35.9 Å². The van der Waals surface area contributed by atoms with Gasteiger partial charge in [0, 0.05) is 13.1 Å². The Hall–Kier alpha value is -1.39. The molecule has 0 aliphatic carbocycles. The first-order valence-corrected chi connectivity index (χ1v) is 11.4. The molecule has 4 heteroatoms. The first-order valence-electron chi connectivity index (χ1n) is 11.4. The third-order valence-electron chi connectivity index (χ3n) is 5.22. The Balaban J connectivity index is 1.94. The van der Waals surface area contributed by atoms with Crippen LogP contribution in [0.25, 0.3) is 0 Å². The molecule has 0 saturated heterocycles. The standard InChI is InChI=1S/C24H42N2O2/c1-2-3-4-5-6-7-8-9-10-11-12-16-19-25-24(28)23(21-27)26-20-22-17-14-13-15-18-22/h13-15,17-18,23,26-27H,2-12,16,19-21H2,1H3,(H,25,28)/t23-/m0/s1. The lowest BCUT2D eigenvalue weighted by Gasteiger charge is -2.16. The van der Waals surface area contributed by atoms with Crippen molar-refractivity contribution < 1.29 is 9.90 Å². The molecule has 0 radical (unpaired) electrons. The van der Waals surface area contributed by atoms with Crippen LogP contribution in [0.5, 0.6) is 0 Å². The summed E-state index contributed by atoms with van der Waals surface area (Å²) in [5, 5.41) is 15.5. The van der Waals surface area contributed by atoms with E-state index in [1.807, 2.05) is 30.3 Å². The van der Waals surface area contributed by atoms with Gasteiger partial charge in [0.25, 0.3) is 0 Å². The molecule has 0 aromatic heterocycles. The molecule has 1 atom stereocenters. The van der Waals surface area contributed by atoms with Crippen molar-refractivity contribution in [2.45, 2.75) is 96.6 Å². The summed E-state index contributed by atoms with van der Waals surface area (Å²) < 4.78 is 0. The molecule has 1 rings (SSSR count). The highest BCUT2D eigenvalue weighted by atomic mass is 16.3. The zero-order valence-corrected chi connectivity index (χ0v) is 17.9. The number of rotatable bonds is 18. The van der Waals surface area contributed by atoms with Crippen LogP contribution in [0.4, 0.5) is 0 Å². The van der Waals surface area contributed by atoms with E-state index in [2.05, 4.69) is 17.6 Å². The summed E-state index contributed by atoms with van der Waals surface area (Å²) in [6.07, 6.45) is 15.8. The molecule has 0 unspecified atom stereocenters. The van der Waals surface area contributed by atoms with Gasteiger partial charge in [-0.2, -0.15) is 0 Å². The van der Waals surface area contributed by atoms with Gasteiger partial charge in [0.05, 0.1) is 6.61 Å². The molecule has 0 spiro atoms. The van der Waals surface area contributed by atoms with E-state index in [1.54, 1.807) is 0 Å². The van der Waals surface area contributed by atoms with Gasteiger partial charge in [-0.1, -0.05) is 108 Å². The molecular weight excluding hydrogens is 348 g/mol. The fourth-order valence-corrected chi connectivity index (χ4v) is 3.38. The maximum atomic E-state index is 12.2. The summed E-state index contributed by atoms with van der Waals surface area (Å²) in [4.78, 5) is 12.2. The topological polar surface area (TPSA) is 61.4 Å². The number of carbonyl (C=O) groups is 1. The zero-order valence-electron chi connectivity index (χ0n) is 17.9. The lowest BCUT2D eigenvalue weighted by Crippen LogP contribution is -2.46. The molecule has 28 heavy (non-hydrogen) atoms. The Bertz CT molecular complexity index is 479. The first-order chi connectivity index (χ1) is 13.8. The Morgan fingerprint density at radius 1 is 0.857 bits per heavy atom. The van der Waals surface area contributed by atoms with Crippen LogP contribution >= 0.6 is 0 Å². The van der Waals surface area contributed by atoms with Crippen LogP contribution < -0.4 is 10.6 Å². The van der Waals surface area contributed by atoms with E-state index in [4.69, 9.17) is 0 Å². The molecule has 0 aliphatic heterocycles. The fourth-order valence-electron chi connectivity index (χ4n) is 3.38. The molecule has 1 aromatic rings. The van der Waals surface area contributed by atoms with E-state index >= 15 is 0 Å². The maximum absolute atomic E-state index is 12.2. The average molecular weight is 391 g/mol. The highest BCUT2D eigenvalue weighted by molar-refractivity contribution is 5.81. The van der Waals surface area contributed by atoms with Gasteiger partial charge in [-0.25, -0.2) is 0 Å². The fraction of sp³-hybridized carbons (Fsp3) is 0.708. The summed E-state index contributed by atoms with van der Waals surface area (Å²) in [6, 6.07) is 9.38. The minimum absolute atomic E-state index is 0.110. The summed E-state index contributed by atoms with van der Waals surface area (Å²) in [5.74, 6) is -0.110. The summed E-state index contributed by atoms with van der Waals surface area (Å²) in [5.41, 5.74) is 1.11. The van der Waals surface area contributed by atoms with Crippen LogP contribution in [0.15, 0.2) is 30.3 Å². The highest BCUT2D eigenvalue weighted by Crippen LogP contribution is 2.11. The predicted molar refractivity (Wildman–Crippen MR) is 118 cm³/mol. The van der Waals surface area contributed by atoms with E-state index in [0.717, 1.165) is 18.4 Å². The number of unbranched alkanes of at least 4 members (excludes halogenated alkanes) is 11. The van der Waals surface area contributed by atoms with Crippen LogP contribution in [0.2, 0.25) is 0 Å². The largest absolute Gasteiger partial charge is 0.394 e. The molecule has 1 aromatic carbocycles. The molecule has 1 amide bonds. The van der Waals surface area contributed by atoms with Crippen LogP contribution in [0.1, 0.15) is 89.5 Å². The molecule has 0 bridgehead atoms. The monoisotopic (exact) mass is 390 g/mol. The van der Waals surface area contributed by atoms with Crippen molar-refractivity contribution >= 4 is 5.91 Å². The van der Waals surface area contributed by atoms with Crippen molar-refractivity contribution in [2.75, 3.05) is 13.2 Å². The van der Waals surface area contributed by atoms with Crippen LogP contribution in [-0.2, 0) is 11.3 Å². The second kappa shape index (κ2) is 17.7. The van der Waals surface area contributed by atoms with Gasteiger partial charge in [0.1, 0.15) is 6.04 Å². The molecular formula is C24H42N2O2. The van der Waals surface area contributed by atoms with Gasteiger partial charge in [0.2, 0.25) is 5.91 Å². The normalized spacial score (nSPS) is 12.1. The summed E-state index contributed by atoms with van der Waals surface area (Å²) in [6.45, 7) is 3.36. The van der Waals surface area contributed by atoms with Crippen molar-refractivity contribution in [3.63, 3.8) is 0 Å². The van der Waals surface area contributed by atoms with E-state index in [1.165, 1.54) is 64.2 Å². The Labute approximate surface area is 172 Å². The maximum Gasteiger partial charge on any atom is 0.239 e. The minimum atomic E-state index is -0.544. The lowest BCUT2D eigenvalue weighted by molar-refractivity contribution is -0.124. The third kappa shape index (κ3) is 12.9. The van der Waals surface area contributed by atoms with Crippen LogP contribution in [-0.4, -0.2) is 30.2 Å². The van der Waals surface area contributed by atoms with Gasteiger partial charge in [-0.3, -0.25) is 10.1 Å². The first kappa shape index (κ1) is 24.6. The number of hydrogen-bond acceptors (Lipinski definition) is 3. The summed E-state index contributed by atoms with van der Waals surface area (Å²) in [7, 11) is 0. The minimum Gasteiger partial charge on any atom is -0.394 e. The van der Waals surface area contributed by atoms with E-state index in [0.29, 0.717) is 13.1 Å². The van der Waals surface area contributed by atoms with Crippen molar-refractivity contribution in [3.8, 4) is 0 Å². The number of aliphatic hydroxyl groups is 1. The number of nitrogens with one attached hydrogen (secondary N) is 2. The summed E-state index contributed by atoms with van der Waals surface area (Å²) >= 11 is 0. The second-order valence-electron chi connectivity index (χ2n) is 7.78. The second-order valence-corrected chi connectivity index (χ2v) is 7.78. The Morgan fingerprint density at radius 2 is 1.39 bits per heavy atom. The molecule has 0 heterocycles. The number of amides is 1. The van der Waals surface area contributed by atoms with Crippen molar-refractivity contribution in [1.29, 1.82) is 0 Å². The Kier molecular flexibility index (Phi) is 15.6.